The number of fused-ring (bicyclic) bond motifs is 1. The van der Waals surface area contributed by atoms with Crippen LogP contribution in [0.1, 0.15) is 0 Å². The van der Waals surface area contributed by atoms with Crippen molar-refractivity contribution < 1.29 is 0 Å². The fourth-order valence-electron chi connectivity index (χ4n) is 1.26. The molecular weight excluding hydrogens is 148 g/mol. The molecule has 12 heavy (non-hydrogen) atoms. The SMILES string of the molecule is C=CCn1c[c]c2cnccc21. The Hall–Kier alpha value is -1.57. The average Bonchev–Trinajstić information content (AvgIpc) is 2.50. The van der Waals surface area contributed by atoms with Gasteiger partial charge < -0.3 is 4.57 Å². The van der Waals surface area contributed by atoms with Crippen molar-refractivity contribution in [2.45, 2.75) is 6.54 Å². The highest BCUT2D eigenvalue weighted by molar-refractivity contribution is 5.78. The minimum Gasteiger partial charge on any atom is -0.343 e. The van der Waals surface area contributed by atoms with Gasteiger partial charge in [0.05, 0.1) is 5.52 Å². The molecule has 2 aromatic heterocycles. The molecule has 0 atom stereocenters. The lowest BCUT2D eigenvalue weighted by Crippen LogP contribution is -1.91. The number of hydrogen-bond donors (Lipinski definition) is 0. The molecule has 0 saturated carbocycles. The molecule has 0 aromatic carbocycles. The standard InChI is InChI=1S/C10H9N2/c1-2-6-12-7-4-9-8-11-5-3-10(9)12/h2-3,5,7-8H,1,6H2. The first-order valence-electron chi connectivity index (χ1n) is 3.83. The highest BCUT2D eigenvalue weighted by Crippen LogP contribution is 2.12. The summed E-state index contributed by atoms with van der Waals surface area (Å²) in [5.74, 6) is 0. The Morgan fingerprint density at radius 3 is 3.42 bits per heavy atom. The average molecular weight is 157 g/mol. The smallest absolute Gasteiger partial charge is 0.0520 e. The quantitative estimate of drug-likeness (QED) is 0.610. The maximum Gasteiger partial charge on any atom is 0.0520 e. The Labute approximate surface area is 71.2 Å². The third-order valence-electron chi connectivity index (χ3n) is 1.81. The maximum absolute atomic E-state index is 4.02. The second kappa shape index (κ2) is 2.81. The predicted molar refractivity (Wildman–Crippen MR) is 48.8 cm³/mol. The second-order valence-electron chi connectivity index (χ2n) is 2.61. The van der Waals surface area contributed by atoms with Crippen LogP contribution in [0.2, 0.25) is 0 Å². The molecule has 0 unspecified atom stereocenters. The van der Waals surface area contributed by atoms with E-state index in [0.29, 0.717) is 0 Å². The van der Waals surface area contributed by atoms with E-state index < -0.39 is 0 Å². The van der Waals surface area contributed by atoms with Crippen molar-refractivity contribution in [1.82, 2.24) is 9.55 Å². The summed E-state index contributed by atoms with van der Waals surface area (Å²) in [5, 5.41) is 1.05. The zero-order valence-corrected chi connectivity index (χ0v) is 6.70. The van der Waals surface area contributed by atoms with Crippen LogP contribution in [0.4, 0.5) is 0 Å². The van der Waals surface area contributed by atoms with E-state index in [2.05, 4.69) is 22.2 Å². The molecule has 0 aliphatic rings. The third-order valence-corrected chi connectivity index (χ3v) is 1.81. The van der Waals surface area contributed by atoms with Crippen LogP contribution in [-0.4, -0.2) is 9.55 Å². The number of pyridine rings is 1. The van der Waals surface area contributed by atoms with Gasteiger partial charge in [-0.2, -0.15) is 0 Å². The third kappa shape index (κ3) is 1.01. The minimum atomic E-state index is 0.823. The molecule has 0 bridgehead atoms. The maximum atomic E-state index is 4.02. The Balaban J connectivity index is 2.62. The molecule has 2 heteroatoms. The summed E-state index contributed by atoms with van der Waals surface area (Å²) in [6.07, 6.45) is 7.40. The van der Waals surface area contributed by atoms with Crippen LogP contribution in [0.15, 0.2) is 37.3 Å². The Morgan fingerprint density at radius 2 is 2.58 bits per heavy atom. The Morgan fingerprint density at radius 1 is 1.67 bits per heavy atom. The van der Waals surface area contributed by atoms with Gasteiger partial charge in [-0.05, 0) is 6.07 Å². The van der Waals surface area contributed by atoms with Crippen LogP contribution in [0.5, 0.6) is 0 Å². The summed E-state index contributed by atoms with van der Waals surface area (Å²) in [6.45, 7) is 4.52. The van der Waals surface area contributed by atoms with Gasteiger partial charge in [-0.15, -0.1) is 6.58 Å². The number of aromatic nitrogens is 2. The van der Waals surface area contributed by atoms with Gasteiger partial charge in [-0.3, -0.25) is 4.98 Å². The molecule has 2 heterocycles. The number of allylic oxidation sites excluding steroid dienone is 1. The lowest BCUT2D eigenvalue weighted by atomic mass is 10.3. The summed E-state index contributed by atoms with van der Waals surface area (Å²) < 4.78 is 2.09. The molecule has 0 aliphatic carbocycles. The molecule has 0 fully saturated rings. The Kier molecular flexibility index (Phi) is 1.67. The molecule has 2 rings (SSSR count). The molecule has 1 radical (unpaired) electrons. The van der Waals surface area contributed by atoms with Crippen molar-refractivity contribution in [3.8, 4) is 0 Å². The van der Waals surface area contributed by atoms with Gasteiger partial charge in [0.1, 0.15) is 0 Å². The van der Waals surface area contributed by atoms with E-state index in [1.807, 2.05) is 24.5 Å². The molecule has 2 nitrogen and oxygen atoms in total. The monoisotopic (exact) mass is 157 g/mol. The van der Waals surface area contributed by atoms with Crippen molar-refractivity contribution in [3.63, 3.8) is 0 Å². The first-order valence-corrected chi connectivity index (χ1v) is 3.83. The van der Waals surface area contributed by atoms with Crippen LogP contribution in [0, 0.1) is 6.07 Å². The highest BCUT2D eigenvalue weighted by atomic mass is 14.9. The molecule has 2 aromatic rings. The topological polar surface area (TPSA) is 17.8 Å². The lowest BCUT2D eigenvalue weighted by Gasteiger charge is -1.98. The van der Waals surface area contributed by atoms with Crippen molar-refractivity contribution >= 4 is 10.9 Å². The molecule has 0 spiro atoms. The first-order chi connectivity index (χ1) is 5.92. The fourth-order valence-corrected chi connectivity index (χ4v) is 1.26. The highest BCUT2D eigenvalue weighted by Gasteiger charge is 1.97. The van der Waals surface area contributed by atoms with Gasteiger partial charge in [0.15, 0.2) is 0 Å². The molecule has 59 valence electrons. The van der Waals surface area contributed by atoms with Crippen LogP contribution >= 0.6 is 0 Å². The van der Waals surface area contributed by atoms with Gasteiger partial charge in [-0.25, -0.2) is 0 Å². The summed E-state index contributed by atoms with van der Waals surface area (Å²) in [4.78, 5) is 4.02. The van der Waals surface area contributed by atoms with Crippen molar-refractivity contribution in [2.24, 2.45) is 0 Å². The summed E-state index contributed by atoms with van der Waals surface area (Å²) in [6, 6.07) is 5.11. The summed E-state index contributed by atoms with van der Waals surface area (Å²) in [5.41, 5.74) is 1.16. The van der Waals surface area contributed by atoms with E-state index in [0.717, 1.165) is 17.4 Å². The second-order valence-corrected chi connectivity index (χ2v) is 2.61. The van der Waals surface area contributed by atoms with Crippen LogP contribution in [-0.2, 0) is 6.54 Å². The van der Waals surface area contributed by atoms with Crippen molar-refractivity contribution in [3.05, 3.63) is 43.4 Å². The molecular formula is C10H9N2. The number of nitrogens with zero attached hydrogens (tertiary/aromatic N) is 2. The van der Waals surface area contributed by atoms with Crippen LogP contribution in [0.25, 0.3) is 10.9 Å². The molecule has 0 N–H and O–H groups in total. The first kappa shape index (κ1) is 7.10. The Bertz CT molecular complexity index is 401. The van der Waals surface area contributed by atoms with Gasteiger partial charge in [0.2, 0.25) is 0 Å². The van der Waals surface area contributed by atoms with Gasteiger partial charge in [0, 0.05) is 36.6 Å². The normalized spacial score (nSPS) is 10.3. The summed E-state index contributed by atoms with van der Waals surface area (Å²) in [7, 11) is 0. The van der Waals surface area contributed by atoms with Gasteiger partial charge in [0.25, 0.3) is 0 Å². The van der Waals surface area contributed by atoms with Crippen LogP contribution in [0.3, 0.4) is 0 Å². The van der Waals surface area contributed by atoms with E-state index in [1.165, 1.54) is 0 Å². The lowest BCUT2D eigenvalue weighted by molar-refractivity contribution is 0.864. The minimum absolute atomic E-state index is 0.823. The van der Waals surface area contributed by atoms with Crippen molar-refractivity contribution in [1.29, 1.82) is 0 Å². The fraction of sp³-hybridized carbons (Fsp3) is 0.100. The van der Waals surface area contributed by atoms with Gasteiger partial charge in [-0.1, -0.05) is 6.08 Å². The van der Waals surface area contributed by atoms with E-state index in [4.69, 9.17) is 0 Å². The number of rotatable bonds is 2. The van der Waals surface area contributed by atoms with E-state index in [9.17, 15) is 0 Å². The zero-order chi connectivity index (χ0) is 8.39. The summed E-state index contributed by atoms with van der Waals surface area (Å²) >= 11 is 0. The van der Waals surface area contributed by atoms with E-state index in [-0.39, 0.29) is 0 Å². The zero-order valence-electron chi connectivity index (χ0n) is 6.70. The number of hydrogen-bond acceptors (Lipinski definition) is 1. The van der Waals surface area contributed by atoms with Crippen LogP contribution < -0.4 is 0 Å². The molecule has 0 amide bonds. The van der Waals surface area contributed by atoms with E-state index >= 15 is 0 Å². The molecule has 0 aliphatic heterocycles. The molecule has 0 saturated heterocycles. The predicted octanol–water partition coefficient (Wildman–Crippen LogP) is 2.02. The van der Waals surface area contributed by atoms with E-state index in [1.54, 1.807) is 6.20 Å². The largest absolute Gasteiger partial charge is 0.343 e. The van der Waals surface area contributed by atoms with Crippen molar-refractivity contribution in [2.75, 3.05) is 0 Å². The van der Waals surface area contributed by atoms with Gasteiger partial charge >= 0.3 is 0 Å².